The fraction of sp³-hybridized carbons (Fsp3) is 0.333. The number of nitriles is 1. The van der Waals surface area contributed by atoms with Gasteiger partial charge in [0.1, 0.15) is 18.2 Å². The lowest BCUT2D eigenvalue weighted by Crippen LogP contribution is -2.25. The minimum Gasteiger partial charge on any atom is -0.303 e. The maximum Gasteiger partial charge on any atom is 0.228 e. The molecule has 1 aromatic heterocycles. The van der Waals surface area contributed by atoms with Crippen LogP contribution in [0, 0.1) is 24.2 Å². The number of pyridine rings is 1. The Morgan fingerprint density at radius 1 is 1.65 bits per heavy atom. The molecule has 86 valence electrons. The molecule has 0 aromatic carbocycles. The van der Waals surface area contributed by atoms with Crippen LogP contribution in [0.2, 0.25) is 0 Å². The number of amides is 1. The molecule has 1 amide bonds. The number of rotatable bonds is 2. The highest BCUT2D eigenvalue weighted by Gasteiger charge is 2.31. The van der Waals surface area contributed by atoms with E-state index in [0.29, 0.717) is 17.9 Å². The minimum atomic E-state index is -0.250. The Labute approximate surface area is 98.7 Å². The van der Waals surface area contributed by atoms with Crippen molar-refractivity contribution in [2.75, 3.05) is 11.4 Å². The van der Waals surface area contributed by atoms with Crippen LogP contribution in [0.5, 0.6) is 0 Å². The molecule has 0 N–H and O–H groups in total. The number of anilines is 1. The highest BCUT2D eigenvalue weighted by atomic mass is 16.2. The predicted molar refractivity (Wildman–Crippen MR) is 60.2 cm³/mol. The molecule has 0 saturated carbocycles. The van der Waals surface area contributed by atoms with E-state index >= 15 is 0 Å². The Morgan fingerprint density at radius 2 is 2.41 bits per heavy atom. The Morgan fingerprint density at radius 3 is 2.94 bits per heavy atom. The summed E-state index contributed by atoms with van der Waals surface area (Å²) in [5.41, 5.74) is 1.27. The van der Waals surface area contributed by atoms with Crippen molar-refractivity contribution in [1.82, 2.24) is 4.98 Å². The van der Waals surface area contributed by atoms with Gasteiger partial charge in [-0.15, -0.1) is 0 Å². The van der Waals surface area contributed by atoms with Gasteiger partial charge >= 0.3 is 0 Å². The van der Waals surface area contributed by atoms with E-state index in [0.717, 1.165) is 11.8 Å². The van der Waals surface area contributed by atoms with E-state index in [9.17, 15) is 9.59 Å². The van der Waals surface area contributed by atoms with E-state index < -0.39 is 0 Å². The molecular weight excluding hydrogens is 218 g/mol. The Hall–Kier alpha value is -2.22. The number of nitrogens with zero attached hydrogens (tertiary/aromatic N) is 3. The molecule has 1 aromatic rings. The molecule has 1 unspecified atom stereocenters. The lowest BCUT2D eigenvalue weighted by Gasteiger charge is -2.15. The van der Waals surface area contributed by atoms with Gasteiger partial charge in [0.15, 0.2) is 0 Å². The highest BCUT2D eigenvalue weighted by Crippen LogP contribution is 2.23. The molecule has 1 aliphatic rings. The first-order chi connectivity index (χ1) is 8.15. The van der Waals surface area contributed by atoms with Crippen LogP contribution in [0.3, 0.4) is 0 Å². The number of aromatic nitrogens is 1. The summed E-state index contributed by atoms with van der Waals surface area (Å²) in [4.78, 5) is 27.9. The van der Waals surface area contributed by atoms with Crippen LogP contribution in [0.4, 0.5) is 5.82 Å². The molecular formula is C12H11N3O2. The third-order valence-electron chi connectivity index (χ3n) is 2.84. The third-order valence-corrected chi connectivity index (χ3v) is 2.84. The third kappa shape index (κ3) is 2.02. The van der Waals surface area contributed by atoms with E-state index in [1.807, 2.05) is 6.07 Å². The van der Waals surface area contributed by atoms with Crippen LogP contribution in [-0.2, 0) is 9.59 Å². The summed E-state index contributed by atoms with van der Waals surface area (Å²) in [6.45, 7) is 2.17. The number of aldehydes is 1. The first kappa shape index (κ1) is 11.3. The second kappa shape index (κ2) is 4.34. The smallest absolute Gasteiger partial charge is 0.228 e. The van der Waals surface area contributed by atoms with Gasteiger partial charge in [0.25, 0.3) is 0 Å². The van der Waals surface area contributed by atoms with Crippen molar-refractivity contribution < 1.29 is 9.59 Å². The fourth-order valence-electron chi connectivity index (χ4n) is 1.85. The molecule has 2 heterocycles. The molecule has 0 spiro atoms. The fourth-order valence-corrected chi connectivity index (χ4v) is 1.85. The van der Waals surface area contributed by atoms with Crippen molar-refractivity contribution in [2.45, 2.75) is 13.3 Å². The lowest BCUT2D eigenvalue weighted by molar-refractivity contribution is -0.119. The lowest BCUT2D eigenvalue weighted by atomic mass is 10.1. The number of hydrogen-bond donors (Lipinski definition) is 0. The van der Waals surface area contributed by atoms with E-state index in [1.54, 1.807) is 13.0 Å². The SMILES string of the molecule is Cc1cc(N2CC(C=O)CC2=O)ncc1C#N. The van der Waals surface area contributed by atoms with Crippen molar-refractivity contribution in [3.05, 3.63) is 23.4 Å². The molecule has 17 heavy (non-hydrogen) atoms. The van der Waals surface area contributed by atoms with Crippen LogP contribution in [-0.4, -0.2) is 23.7 Å². The minimum absolute atomic E-state index is 0.0984. The number of carbonyl (C=O) groups is 2. The molecule has 1 fully saturated rings. The van der Waals surface area contributed by atoms with Crippen molar-refractivity contribution in [3.63, 3.8) is 0 Å². The van der Waals surface area contributed by atoms with Gasteiger partial charge in [0.05, 0.1) is 5.56 Å². The summed E-state index contributed by atoms with van der Waals surface area (Å²) in [6.07, 6.45) is 2.49. The zero-order chi connectivity index (χ0) is 12.4. The monoisotopic (exact) mass is 229 g/mol. The molecule has 0 radical (unpaired) electrons. The summed E-state index contributed by atoms with van der Waals surface area (Å²) in [5, 5.41) is 8.79. The number of hydrogen-bond acceptors (Lipinski definition) is 4. The van der Waals surface area contributed by atoms with E-state index in [2.05, 4.69) is 4.98 Å². The van der Waals surface area contributed by atoms with Crippen molar-refractivity contribution in [2.24, 2.45) is 5.92 Å². The maximum atomic E-state index is 11.7. The molecule has 5 nitrogen and oxygen atoms in total. The van der Waals surface area contributed by atoms with Crippen LogP contribution in [0.25, 0.3) is 0 Å². The Kier molecular flexibility index (Phi) is 2.88. The van der Waals surface area contributed by atoms with Gasteiger partial charge in [-0.05, 0) is 18.6 Å². The quantitative estimate of drug-likeness (QED) is 0.703. The second-order valence-corrected chi connectivity index (χ2v) is 4.07. The summed E-state index contributed by atoms with van der Waals surface area (Å²) in [5.74, 6) is 0.162. The first-order valence-electron chi connectivity index (χ1n) is 5.28. The first-order valence-corrected chi connectivity index (χ1v) is 5.28. The largest absolute Gasteiger partial charge is 0.303 e. The highest BCUT2D eigenvalue weighted by molar-refractivity contribution is 5.97. The van der Waals surface area contributed by atoms with E-state index in [-0.39, 0.29) is 18.2 Å². The predicted octanol–water partition coefficient (Wildman–Crippen LogP) is 0.813. The van der Waals surface area contributed by atoms with Crippen molar-refractivity contribution >= 4 is 18.0 Å². The summed E-state index contributed by atoms with van der Waals surface area (Å²) in [6, 6.07) is 3.72. The van der Waals surface area contributed by atoms with Gasteiger partial charge in [-0.2, -0.15) is 5.26 Å². The summed E-state index contributed by atoms with van der Waals surface area (Å²) >= 11 is 0. The molecule has 5 heteroatoms. The normalized spacial score (nSPS) is 19.2. The molecule has 1 atom stereocenters. The van der Waals surface area contributed by atoms with E-state index in [1.165, 1.54) is 11.1 Å². The van der Waals surface area contributed by atoms with Crippen LogP contribution in [0.15, 0.2) is 12.3 Å². The second-order valence-electron chi connectivity index (χ2n) is 4.07. The molecule has 1 aliphatic heterocycles. The molecule has 0 aliphatic carbocycles. The Bertz CT molecular complexity index is 519. The molecule has 2 rings (SSSR count). The average molecular weight is 229 g/mol. The van der Waals surface area contributed by atoms with Crippen LogP contribution >= 0.6 is 0 Å². The van der Waals surface area contributed by atoms with Gasteiger partial charge in [-0.3, -0.25) is 9.69 Å². The number of carbonyl (C=O) groups excluding carboxylic acids is 2. The van der Waals surface area contributed by atoms with Gasteiger partial charge in [-0.25, -0.2) is 4.98 Å². The van der Waals surface area contributed by atoms with Crippen LogP contribution in [0.1, 0.15) is 17.5 Å². The zero-order valence-corrected chi connectivity index (χ0v) is 9.38. The van der Waals surface area contributed by atoms with Crippen molar-refractivity contribution in [3.8, 4) is 6.07 Å². The summed E-state index contributed by atoms with van der Waals surface area (Å²) in [7, 11) is 0. The van der Waals surface area contributed by atoms with Crippen LogP contribution < -0.4 is 4.90 Å². The average Bonchev–Trinajstić information content (AvgIpc) is 2.70. The number of aryl methyl sites for hydroxylation is 1. The topological polar surface area (TPSA) is 74.1 Å². The summed E-state index contributed by atoms with van der Waals surface area (Å²) < 4.78 is 0. The van der Waals surface area contributed by atoms with Gasteiger partial charge < -0.3 is 4.79 Å². The van der Waals surface area contributed by atoms with Gasteiger partial charge in [0, 0.05) is 25.1 Å². The van der Waals surface area contributed by atoms with Gasteiger partial charge in [0.2, 0.25) is 5.91 Å². The molecule has 1 saturated heterocycles. The Balaban J connectivity index is 2.30. The van der Waals surface area contributed by atoms with E-state index in [4.69, 9.17) is 5.26 Å². The molecule has 0 bridgehead atoms. The zero-order valence-electron chi connectivity index (χ0n) is 9.38. The van der Waals surface area contributed by atoms with Gasteiger partial charge in [-0.1, -0.05) is 0 Å². The van der Waals surface area contributed by atoms with Crippen molar-refractivity contribution in [1.29, 1.82) is 5.26 Å². The standard InChI is InChI=1S/C12H11N3O2/c1-8-2-11(14-5-10(8)4-13)15-6-9(7-16)3-12(15)17/h2,5,7,9H,3,6H2,1H3. The maximum absolute atomic E-state index is 11.7.